The van der Waals surface area contributed by atoms with E-state index in [0.717, 1.165) is 19.6 Å². The molecule has 0 aromatic carbocycles. The fourth-order valence-corrected chi connectivity index (χ4v) is 2.08. The second-order valence-electron chi connectivity index (χ2n) is 4.58. The predicted molar refractivity (Wildman–Crippen MR) is 69.7 cm³/mol. The average Bonchev–Trinajstić information content (AvgIpc) is 2.33. The summed E-state index contributed by atoms with van der Waals surface area (Å²) in [6.45, 7) is 12.4. The summed E-state index contributed by atoms with van der Waals surface area (Å²) in [5, 5.41) is 3.35. The SMILES string of the molecule is CCCCN1CCN(CCNCCN)CC1. The topological polar surface area (TPSA) is 44.5 Å². The van der Waals surface area contributed by atoms with E-state index in [0.29, 0.717) is 0 Å². The predicted octanol–water partition coefficient (Wildman–Crippen LogP) is -0.0476. The first kappa shape index (κ1) is 13.9. The summed E-state index contributed by atoms with van der Waals surface area (Å²) in [4.78, 5) is 5.14. The van der Waals surface area contributed by atoms with E-state index in [1.807, 2.05) is 0 Å². The Labute approximate surface area is 100 Å². The first-order valence-electron chi connectivity index (χ1n) is 6.72. The fraction of sp³-hybridized carbons (Fsp3) is 1.00. The Morgan fingerprint density at radius 1 is 1.00 bits per heavy atom. The molecule has 1 fully saturated rings. The minimum absolute atomic E-state index is 0.741. The van der Waals surface area contributed by atoms with Gasteiger partial charge in [-0.2, -0.15) is 0 Å². The molecule has 1 aliphatic rings. The van der Waals surface area contributed by atoms with Gasteiger partial charge in [0.2, 0.25) is 0 Å². The summed E-state index contributed by atoms with van der Waals surface area (Å²) in [7, 11) is 0. The Balaban J connectivity index is 1.98. The molecule has 4 nitrogen and oxygen atoms in total. The molecule has 0 aromatic heterocycles. The molecule has 16 heavy (non-hydrogen) atoms. The molecule has 0 bridgehead atoms. The number of hydrogen-bond acceptors (Lipinski definition) is 4. The van der Waals surface area contributed by atoms with Gasteiger partial charge in [-0.25, -0.2) is 0 Å². The lowest BCUT2D eigenvalue weighted by atomic mass is 10.2. The Hall–Kier alpha value is -0.160. The quantitative estimate of drug-likeness (QED) is 0.572. The van der Waals surface area contributed by atoms with Crippen LogP contribution in [0.25, 0.3) is 0 Å². The van der Waals surface area contributed by atoms with Crippen LogP contribution in [0.5, 0.6) is 0 Å². The number of rotatable bonds is 8. The standard InChI is InChI=1S/C12H28N4/c1-2-3-7-15-9-11-16(12-10-15)8-6-14-5-4-13/h14H,2-13H2,1H3. The normalized spacial score (nSPS) is 19.1. The van der Waals surface area contributed by atoms with Crippen LogP contribution in [0.15, 0.2) is 0 Å². The minimum atomic E-state index is 0.741. The lowest BCUT2D eigenvalue weighted by molar-refractivity contribution is 0.132. The third kappa shape index (κ3) is 5.80. The Morgan fingerprint density at radius 2 is 1.62 bits per heavy atom. The van der Waals surface area contributed by atoms with Gasteiger partial charge in [-0.05, 0) is 13.0 Å². The van der Waals surface area contributed by atoms with Crippen LogP contribution in [0.4, 0.5) is 0 Å². The van der Waals surface area contributed by atoms with Gasteiger partial charge < -0.3 is 16.0 Å². The molecule has 0 aromatic rings. The van der Waals surface area contributed by atoms with Gasteiger partial charge in [-0.15, -0.1) is 0 Å². The number of hydrogen-bond donors (Lipinski definition) is 2. The molecule has 3 N–H and O–H groups in total. The monoisotopic (exact) mass is 228 g/mol. The van der Waals surface area contributed by atoms with Crippen molar-refractivity contribution in [2.75, 3.05) is 58.9 Å². The van der Waals surface area contributed by atoms with E-state index in [4.69, 9.17) is 5.73 Å². The third-order valence-electron chi connectivity index (χ3n) is 3.22. The molecule has 0 spiro atoms. The van der Waals surface area contributed by atoms with Crippen molar-refractivity contribution in [3.8, 4) is 0 Å². The zero-order chi connectivity index (χ0) is 11.6. The van der Waals surface area contributed by atoms with E-state index in [2.05, 4.69) is 22.0 Å². The van der Waals surface area contributed by atoms with Crippen LogP contribution in [-0.2, 0) is 0 Å². The van der Waals surface area contributed by atoms with Gasteiger partial charge in [-0.1, -0.05) is 13.3 Å². The van der Waals surface area contributed by atoms with Crippen molar-refractivity contribution in [3.05, 3.63) is 0 Å². The number of nitrogens with one attached hydrogen (secondary N) is 1. The average molecular weight is 228 g/mol. The van der Waals surface area contributed by atoms with Gasteiger partial charge in [0.15, 0.2) is 0 Å². The Kier molecular flexibility index (Phi) is 7.76. The van der Waals surface area contributed by atoms with E-state index in [1.165, 1.54) is 52.1 Å². The molecule has 0 atom stereocenters. The molecule has 0 aliphatic carbocycles. The van der Waals surface area contributed by atoms with Crippen molar-refractivity contribution in [3.63, 3.8) is 0 Å². The molecule has 0 unspecified atom stereocenters. The Bertz CT molecular complexity index is 155. The molecule has 1 heterocycles. The number of unbranched alkanes of at least 4 members (excludes halogenated alkanes) is 1. The Morgan fingerprint density at radius 3 is 2.19 bits per heavy atom. The van der Waals surface area contributed by atoms with Gasteiger partial charge >= 0.3 is 0 Å². The van der Waals surface area contributed by atoms with E-state index in [9.17, 15) is 0 Å². The first-order valence-corrected chi connectivity index (χ1v) is 6.72. The highest BCUT2D eigenvalue weighted by atomic mass is 15.3. The zero-order valence-corrected chi connectivity index (χ0v) is 10.7. The van der Waals surface area contributed by atoms with E-state index >= 15 is 0 Å². The lowest BCUT2D eigenvalue weighted by Crippen LogP contribution is -2.48. The van der Waals surface area contributed by atoms with Crippen molar-refractivity contribution in [2.45, 2.75) is 19.8 Å². The van der Waals surface area contributed by atoms with Gasteiger partial charge in [0, 0.05) is 52.4 Å². The molecule has 1 aliphatic heterocycles. The highest BCUT2D eigenvalue weighted by molar-refractivity contribution is 4.72. The molecule has 1 rings (SSSR count). The van der Waals surface area contributed by atoms with E-state index < -0.39 is 0 Å². The number of nitrogens with two attached hydrogens (primary N) is 1. The summed E-state index contributed by atoms with van der Waals surface area (Å²) in [6.07, 6.45) is 2.65. The summed E-state index contributed by atoms with van der Waals surface area (Å²) in [6, 6.07) is 0. The van der Waals surface area contributed by atoms with Crippen molar-refractivity contribution in [1.82, 2.24) is 15.1 Å². The van der Waals surface area contributed by atoms with Crippen LogP contribution in [0, 0.1) is 0 Å². The lowest BCUT2D eigenvalue weighted by Gasteiger charge is -2.34. The van der Waals surface area contributed by atoms with E-state index in [1.54, 1.807) is 0 Å². The van der Waals surface area contributed by atoms with E-state index in [-0.39, 0.29) is 0 Å². The maximum absolute atomic E-state index is 5.43. The van der Waals surface area contributed by atoms with Crippen LogP contribution >= 0.6 is 0 Å². The van der Waals surface area contributed by atoms with Gasteiger partial charge in [0.1, 0.15) is 0 Å². The second-order valence-corrected chi connectivity index (χ2v) is 4.58. The van der Waals surface area contributed by atoms with Crippen LogP contribution in [0.1, 0.15) is 19.8 Å². The molecule has 1 saturated heterocycles. The molecule has 4 heteroatoms. The maximum atomic E-state index is 5.43. The van der Waals surface area contributed by atoms with Crippen molar-refractivity contribution < 1.29 is 0 Å². The summed E-state index contributed by atoms with van der Waals surface area (Å²) >= 11 is 0. The summed E-state index contributed by atoms with van der Waals surface area (Å²) in [5.74, 6) is 0. The highest BCUT2D eigenvalue weighted by Gasteiger charge is 2.15. The van der Waals surface area contributed by atoms with Crippen LogP contribution in [0.2, 0.25) is 0 Å². The molecule has 0 saturated carbocycles. The summed E-state index contributed by atoms with van der Waals surface area (Å²) in [5.41, 5.74) is 5.43. The first-order chi connectivity index (χ1) is 7.86. The molecule has 0 radical (unpaired) electrons. The van der Waals surface area contributed by atoms with Gasteiger partial charge in [0.25, 0.3) is 0 Å². The minimum Gasteiger partial charge on any atom is -0.329 e. The summed E-state index contributed by atoms with van der Waals surface area (Å²) < 4.78 is 0. The number of nitrogens with zero attached hydrogens (tertiary/aromatic N) is 2. The number of piperazine rings is 1. The van der Waals surface area contributed by atoms with Crippen LogP contribution in [-0.4, -0.2) is 68.7 Å². The fourth-order valence-electron chi connectivity index (χ4n) is 2.08. The molecule has 96 valence electrons. The zero-order valence-electron chi connectivity index (χ0n) is 10.7. The van der Waals surface area contributed by atoms with Crippen molar-refractivity contribution in [2.24, 2.45) is 5.73 Å². The molecular weight excluding hydrogens is 200 g/mol. The smallest absolute Gasteiger partial charge is 0.0110 e. The van der Waals surface area contributed by atoms with Crippen LogP contribution in [0.3, 0.4) is 0 Å². The van der Waals surface area contributed by atoms with Gasteiger partial charge in [0.05, 0.1) is 0 Å². The van der Waals surface area contributed by atoms with Gasteiger partial charge in [-0.3, -0.25) is 4.90 Å². The largest absolute Gasteiger partial charge is 0.329 e. The maximum Gasteiger partial charge on any atom is 0.0110 e. The highest BCUT2D eigenvalue weighted by Crippen LogP contribution is 2.02. The van der Waals surface area contributed by atoms with Crippen molar-refractivity contribution in [1.29, 1.82) is 0 Å². The second kappa shape index (κ2) is 8.93. The van der Waals surface area contributed by atoms with Crippen LogP contribution < -0.4 is 11.1 Å². The molecular formula is C12H28N4. The third-order valence-corrected chi connectivity index (χ3v) is 3.22. The molecule has 0 amide bonds. The van der Waals surface area contributed by atoms with Crippen molar-refractivity contribution >= 4 is 0 Å².